The predicted molar refractivity (Wildman–Crippen MR) is 105 cm³/mol. The number of carbonyl (C=O) groups is 1. The molecule has 1 aromatic heterocycles. The molecule has 0 saturated carbocycles. The van der Waals surface area contributed by atoms with Crippen LogP contribution < -0.4 is 5.32 Å². The average molecular weight is 366 g/mol. The van der Waals surface area contributed by atoms with E-state index in [0.29, 0.717) is 17.3 Å². The lowest BCUT2D eigenvalue weighted by Gasteiger charge is -2.29. The largest absolute Gasteiger partial charge is 0.322 e. The number of urea groups is 1. The summed E-state index contributed by atoms with van der Waals surface area (Å²) in [5, 5.41) is 3.59. The van der Waals surface area contributed by atoms with Crippen molar-refractivity contribution in [3.8, 4) is 5.69 Å². The van der Waals surface area contributed by atoms with E-state index in [9.17, 15) is 4.79 Å². The monoisotopic (exact) mass is 365 g/mol. The highest BCUT2D eigenvalue weighted by Crippen LogP contribution is 2.34. The van der Waals surface area contributed by atoms with Gasteiger partial charge in [0.05, 0.1) is 18.3 Å². The first-order valence-electron chi connectivity index (χ1n) is 8.76. The van der Waals surface area contributed by atoms with Crippen LogP contribution in [0.25, 0.3) is 5.69 Å². The summed E-state index contributed by atoms with van der Waals surface area (Å²) in [6.07, 6.45) is 2.90. The Morgan fingerprint density at radius 1 is 1.15 bits per heavy atom. The van der Waals surface area contributed by atoms with Crippen LogP contribution >= 0.6 is 11.6 Å². The molecule has 1 atom stereocenters. The fraction of sp³-hybridized carbons (Fsp3) is 0.190. The number of halogens is 1. The maximum Gasteiger partial charge on any atom is 0.322 e. The summed E-state index contributed by atoms with van der Waals surface area (Å²) < 4.78 is 2.19. The van der Waals surface area contributed by atoms with Gasteiger partial charge in [-0.15, -0.1) is 0 Å². The van der Waals surface area contributed by atoms with Gasteiger partial charge in [0.25, 0.3) is 0 Å². The molecule has 1 aliphatic heterocycles. The van der Waals surface area contributed by atoms with Crippen molar-refractivity contribution >= 4 is 23.3 Å². The van der Waals surface area contributed by atoms with Crippen LogP contribution in [0.3, 0.4) is 0 Å². The van der Waals surface area contributed by atoms with E-state index < -0.39 is 0 Å². The fourth-order valence-electron chi connectivity index (χ4n) is 3.62. The summed E-state index contributed by atoms with van der Waals surface area (Å²) in [5.41, 5.74) is 4.08. The quantitative estimate of drug-likeness (QED) is 0.627. The Kier molecular flexibility index (Phi) is 4.43. The van der Waals surface area contributed by atoms with Crippen LogP contribution in [0, 0.1) is 0 Å². The molecular weight excluding hydrogens is 346 g/mol. The van der Waals surface area contributed by atoms with E-state index >= 15 is 0 Å². The second-order valence-electron chi connectivity index (χ2n) is 6.42. The summed E-state index contributed by atoms with van der Waals surface area (Å²) in [7, 11) is 0. The number of hydrogen-bond acceptors (Lipinski definition) is 1. The summed E-state index contributed by atoms with van der Waals surface area (Å²) in [5.74, 6) is 0. The molecule has 2 aromatic carbocycles. The number of hydrogen-bond donors (Lipinski definition) is 1. The van der Waals surface area contributed by atoms with Crippen LogP contribution in [-0.4, -0.2) is 15.5 Å². The summed E-state index contributed by atoms with van der Waals surface area (Å²) >= 11 is 6.05. The van der Waals surface area contributed by atoms with Gasteiger partial charge in [0.1, 0.15) is 0 Å². The summed E-state index contributed by atoms with van der Waals surface area (Å²) in [4.78, 5) is 15.0. The standard InChI is InChI=1S/C21H20ClN3O/c1-2-18-20-11-6-12-24(20)19-10-4-3-7-15(19)14-25(18)21(26)23-17-9-5-8-16(22)13-17/h3-13,18H,2,14H2,1H3,(H,23,26). The van der Waals surface area contributed by atoms with Gasteiger partial charge < -0.3 is 14.8 Å². The Bertz CT molecular complexity index is 950. The van der Waals surface area contributed by atoms with Crippen LogP contribution in [-0.2, 0) is 6.54 Å². The second kappa shape index (κ2) is 6.89. The minimum absolute atomic E-state index is 0.00316. The smallest absolute Gasteiger partial charge is 0.318 e. The van der Waals surface area contributed by atoms with Crippen molar-refractivity contribution in [2.45, 2.75) is 25.9 Å². The number of aromatic nitrogens is 1. The lowest BCUT2D eigenvalue weighted by atomic mass is 10.1. The molecule has 0 aliphatic carbocycles. The highest BCUT2D eigenvalue weighted by atomic mass is 35.5. The van der Waals surface area contributed by atoms with Crippen molar-refractivity contribution < 1.29 is 4.79 Å². The molecule has 2 heterocycles. The Hall–Kier alpha value is -2.72. The van der Waals surface area contributed by atoms with Gasteiger partial charge in [-0.05, 0) is 48.4 Å². The summed E-state index contributed by atoms with van der Waals surface area (Å²) in [6.45, 7) is 2.67. The molecule has 1 N–H and O–H groups in total. The normalized spacial score (nSPS) is 15.8. The molecule has 3 aromatic rings. The predicted octanol–water partition coefficient (Wildman–Crippen LogP) is 5.63. The van der Waals surface area contributed by atoms with Gasteiger partial charge in [-0.3, -0.25) is 0 Å². The van der Waals surface area contributed by atoms with E-state index in [1.165, 1.54) is 0 Å². The molecule has 1 aliphatic rings. The van der Waals surface area contributed by atoms with Gasteiger partial charge in [-0.1, -0.05) is 42.8 Å². The van der Waals surface area contributed by atoms with E-state index in [-0.39, 0.29) is 12.1 Å². The number of rotatable bonds is 2. The van der Waals surface area contributed by atoms with Crippen molar-refractivity contribution in [3.63, 3.8) is 0 Å². The number of benzene rings is 2. The molecule has 2 amide bonds. The van der Waals surface area contributed by atoms with Gasteiger partial charge in [0, 0.05) is 22.6 Å². The Balaban J connectivity index is 1.73. The number of nitrogens with zero attached hydrogens (tertiary/aromatic N) is 2. The molecule has 4 nitrogen and oxygen atoms in total. The lowest BCUT2D eigenvalue weighted by Crippen LogP contribution is -2.37. The van der Waals surface area contributed by atoms with Gasteiger partial charge in [0.2, 0.25) is 0 Å². The molecule has 4 rings (SSSR count). The van der Waals surface area contributed by atoms with E-state index in [1.54, 1.807) is 12.1 Å². The maximum atomic E-state index is 13.1. The topological polar surface area (TPSA) is 37.3 Å². The van der Waals surface area contributed by atoms with Crippen LogP contribution in [0.4, 0.5) is 10.5 Å². The van der Waals surface area contributed by atoms with Crippen LogP contribution in [0.5, 0.6) is 0 Å². The van der Waals surface area contributed by atoms with E-state index in [0.717, 1.165) is 23.4 Å². The van der Waals surface area contributed by atoms with Crippen LogP contribution in [0.15, 0.2) is 66.9 Å². The second-order valence-corrected chi connectivity index (χ2v) is 6.86. The van der Waals surface area contributed by atoms with Gasteiger partial charge >= 0.3 is 6.03 Å². The molecule has 5 heteroatoms. The van der Waals surface area contributed by atoms with Crippen molar-refractivity contribution in [2.75, 3.05) is 5.32 Å². The number of fused-ring (bicyclic) bond motifs is 3. The molecule has 26 heavy (non-hydrogen) atoms. The fourth-order valence-corrected chi connectivity index (χ4v) is 3.81. The van der Waals surface area contributed by atoms with E-state index in [4.69, 9.17) is 11.6 Å². The highest BCUT2D eigenvalue weighted by Gasteiger charge is 2.30. The van der Waals surface area contributed by atoms with Crippen molar-refractivity contribution in [1.82, 2.24) is 9.47 Å². The third-order valence-electron chi connectivity index (χ3n) is 4.81. The van der Waals surface area contributed by atoms with Gasteiger partial charge in [0.15, 0.2) is 0 Å². The zero-order valence-electron chi connectivity index (χ0n) is 14.5. The van der Waals surface area contributed by atoms with E-state index in [1.807, 2.05) is 35.2 Å². The number of nitrogens with one attached hydrogen (secondary N) is 1. The third kappa shape index (κ3) is 2.97. The molecule has 132 valence electrons. The first-order chi connectivity index (χ1) is 12.7. The Morgan fingerprint density at radius 2 is 2.00 bits per heavy atom. The molecular formula is C21H20ClN3O. The maximum absolute atomic E-state index is 13.1. The third-order valence-corrected chi connectivity index (χ3v) is 5.05. The Labute approximate surface area is 158 Å². The molecule has 0 radical (unpaired) electrons. The number of anilines is 1. The minimum Gasteiger partial charge on any atom is -0.318 e. The first kappa shape index (κ1) is 16.7. The van der Waals surface area contributed by atoms with Crippen molar-refractivity contribution in [3.05, 3.63) is 83.1 Å². The van der Waals surface area contributed by atoms with Crippen molar-refractivity contribution in [1.29, 1.82) is 0 Å². The number of amides is 2. The number of para-hydroxylation sites is 1. The Morgan fingerprint density at radius 3 is 2.81 bits per heavy atom. The van der Waals surface area contributed by atoms with Crippen molar-refractivity contribution in [2.24, 2.45) is 0 Å². The molecule has 0 fully saturated rings. The van der Waals surface area contributed by atoms with Crippen LogP contribution in [0.1, 0.15) is 30.6 Å². The SMILES string of the molecule is CCC1c2cccn2-c2ccccc2CN1C(=O)Nc1cccc(Cl)c1. The summed E-state index contributed by atoms with van der Waals surface area (Å²) in [6, 6.07) is 19.5. The molecule has 0 saturated heterocycles. The zero-order valence-corrected chi connectivity index (χ0v) is 15.3. The van der Waals surface area contributed by atoms with Gasteiger partial charge in [-0.2, -0.15) is 0 Å². The van der Waals surface area contributed by atoms with Gasteiger partial charge in [-0.25, -0.2) is 4.79 Å². The zero-order chi connectivity index (χ0) is 18.1. The highest BCUT2D eigenvalue weighted by molar-refractivity contribution is 6.30. The van der Waals surface area contributed by atoms with E-state index in [2.05, 4.69) is 41.2 Å². The average Bonchev–Trinajstić information content (AvgIpc) is 3.06. The lowest BCUT2D eigenvalue weighted by molar-refractivity contribution is 0.181. The minimum atomic E-state index is -0.122. The molecule has 0 spiro atoms. The molecule has 1 unspecified atom stereocenters. The van der Waals surface area contributed by atoms with Crippen LogP contribution in [0.2, 0.25) is 5.02 Å². The molecule has 0 bridgehead atoms. The number of carbonyl (C=O) groups excluding carboxylic acids is 1. The first-order valence-corrected chi connectivity index (χ1v) is 9.14.